The summed E-state index contributed by atoms with van der Waals surface area (Å²) in [6.07, 6.45) is 1.75. The molecule has 6 nitrogen and oxygen atoms in total. The topological polar surface area (TPSA) is 63.1 Å². The van der Waals surface area contributed by atoms with Crippen molar-refractivity contribution in [3.8, 4) is 5.69 Å². The first-order valence-corrected chi connectivity index (χ1v) is 7.31. The lowest BCUT2D eigenvalue weighted by Gasteiger charge is -2.31. The smallest absolute Gasteiger partial charge is 0.237 e. The highest BCUT2D eigenvalue weighted by atomic mass is 35.5. The summed E-state index contributed by atoms with van der Waals surface area (Å²) >= 11 is 5.77. The van der Waals surface area contributed by atoms with Crippen LogP contribution in [0, 0.1) is 5.82 Å². The normalized spacial score (nSPS) is 19.2. The van der Waals surface area contributed by atoms with Crippen LogP contribution in [0.5, 0.6) is 0 Å². The first-order valence-electron chi connectivity index (χ1n) is 6.93. The molecule has 22 heavy (non-hydrogen) atoms. The zero-order valence-electron chi connectivity index (χ0n) is 12.0. The SMILES string of the molecule is CC1C(=O)NCCN1Cc1cn(-c2ccc(F)c(Cl)c2)nn1. The second kappa shape index (κ2) is 6.02. The lowest BCUT2D eigenvalue weighted by Crippen LogP contribution is -2.53. The van der Waals surface area contributed by atoms with Crippen LogP contribution in [0.4, 0.5) is 4.39 Å². The van der Waals surface area contributed by atoms with Gasteiger partial charge in [-0.2, -0.15) is 0 Å². The number of carbonyl (C=O) groups is 1. The van der Waals surface area contributed by atoms with Crippen molar-refractivity contribution in [1.29, 1.82) is 0 Å². The lowest BCUT2D eigenvalue weighted by atomic mass is 10.2. The minimum atomic E-state index is -0.473. The van der Waals surface area contributed by atoms with E-state index in [2.05, 4.69) is 15.6 Å². The highest BCUT2D eigenvalue weighted by molar-refractivity contribution is 6.30. The third kappa shape index (κ3) is 2.95. The predicted octanol–water partition coefficient (Wildman–Crippen LogP) is 1.38. The number of halogens is 2. The Hall–Kier alpha value is -1.99. The number of rotatable bonds is 3. The van der Waals surface area contributed by atoms with Gasteiger partial charge < -0.3 is 5.32 Å². The molecule has 2 heterocycles. The Morgan fingerprint density at radius 2 is 2.32 bits per heavy atom. The number of carbonyl (C=O) groups excluding carboxylic acids is 1. The second-order valence-corrected chi connectivity index (χ2v) is 5.60. The quantitative estimate of drug-likeness (QED) is 0.927. The lowest BCUT2D eigenvalue weighted by molar-refractivity contribution is -0.128. The molecule has 0 aliphatic carbocycles. The van der Waals surface area contributed by atoms with Gasteiger partial charge >= 0.3 is 0 Å². The van der Waals surface area contributed by atoms with E-state index in [-0.39, 0.29) is 17.0 Å². The summed E-state index contributed by atoms with van der Waals surface area (Å²) in [6.45, 7) is 3.79. The number of piperazine rings is 1. The maximum atomic E-state index is 13.2. The van der Waals surface area contributed by atoms with Gasteiger partial charge in [-0.3, -0.25) is 9.69 Å². The molecule has 1 unspecified atom stereocenters. The van der Waals surface area contributed by atoms with Crippen molar-refractivity contribution >= 4 is 17.5 Å². The number of hydrogen-bond acceptors (Lipinski definition) is 4. The van der Waals surface area contributed by atoms with Gasteiger partial charge in [0.15, 0.2) is 0 Å². The van der Waals surface area contributed by atoms with Gasteiger partial charge in [0.1, 0.15) is 5.82 Å². The molecule has 0 radical (unpaired) electrons. The maximum Gasteiger partial charge on any atom is 0.237 e. The van der Waals surface area contributed by atoms with Crippen molar-refractivity contribution < 1.29 is 9.18 Å². The maximum absolute atomic E-state index is 13.2. The van der Waals surface area contributed by atoms with E-state index in [1.807, 2.05) is 11.8 Å². The molecule has 116 valence electrons. The van der Waals surface area contributed by atoms with E-state index in [1.165, 1.54) is 16.8 Å². The molecule has 1 saturated heterocycles. The Morgan fingerprint density at radius 3 is 3.09 bits per heavy atom. The number of aromatic nitrogens is 3. The van der Waals surface area contributed by atoms with E-state index in [4.69, 9.17) is 11.6 Å². The van der Waals surface area contributed by atoms with E-state index < -0.39 is 5.82 Å². The number of nitrogens with one attached hydrogen (secondary N) is 1. The van der Waals surface area contributed by atoms with E-state index in [1.54, 1.807) is 12.3 Å². The molecule has 0 spiro atoms. The average Bonchev–Trinajstić information content (AvgIpc) is 2.95. The van der Waals surface area contributed by atoms with Gasteiger partial charge in [0.05, 0.1) is 28.6 Å². The minimum absolute atomic E-state index is 0.0176. The molecule has 1 N–H and O–H groups in total. The number of benzene rings is 1. The molecular weight excluding hydrogens is 309 g/mol. The Morgan fingerprint density at radius 1 is 1.50 bits per heavy atom. The molecule has 1 aromatic carbocycles. The van der Waals surface area contributed by atoms with Crippen LogP contribution < -0.4 is 5.32 Å². The Balaban J connectivity index is 1.76. The zero-order valence-corrected chi connectivity index (χ0v) is 12.7. The molecule has 1 aliphatic rings. The van der Waals surface area contributed by atoms with Gasteiger partial charge in [-0.15, -0.1) is 5.10 Å². The molecule has 2 aromatic rings. The minimum Gasteiger partial charge on any atom is -0.353 e. The molecule has 0 bridgehead atoms. The molecule has 1 aromatic heterocycles. The highest BCUT2D eigenvalue weighted by Gasteiger charge is 2.25. The van der Waals surface area contributed by atoms with Crippen molar-refractivity contribution in [1.82, 2.24) is 25.2 Å². The average molecular weight is 324 g/mol. The van der Waals surface area contributed by atoms with Gasteiger partial charge in [0.25, 0.3) is 0 Å². The van der Waals surface area contributed by atoms with Crippen LogP contribution in [0.1, 0.15) is 12.6 Å². The van der Waals surface area contributed by atoms with Crippen LogP contribution in [0.3, 0.4) is 0 Å². The van der Waals surface area contributed by atoms with Gasteiger partial charge in [-0.05, 0) is 25.1 Å². The fourth-order valence-electron chi connectivity index (χ4n) is 2.38. The molecule has 8 heteroatoms. The third-order valence-electron chi connectivity index (χ3n) is 3.70. The van der Waals surface area contributed by atoms with E-state index in [0.717, 1.165) is 12.2 Å². The van der Waals surface area contributed by atoms with Gasteiger partial charge in [0.2, 0.25) is 5.91 Å². The van der Waals surface area contributed by atoms with E-state index in [9.17, 15) is 9.18 Å². The molecule has 1 atom stereocenters. The van der Waals surface area contributed by atoms with Crippen LogP contribution in [-0.2, 0) is 11.3 Å². The van der Waals surface area contributed by atoms with Crippen molar-refractivity contribution in [2.75, 3.05) is 13.1 Å². The van der Waals surface area contributed by atoms with Gasteiger partial charge in [-0.1, -0.05) is 16.8 Å². The van der Waals surface area contributed by atoms with Crippen molar-refractivity contribution in [2.24, 2.45) is 0 Å². The van der Waals surface area contributed by atoms with Crippen LogP contribution in [-0.4, -0.2) is 44.9 Å². The Kier molecular flexibility index (Phi) is 4.08. The number of nitrogens with zero attached hydrogens (tertiary/aromatic N) is 4. The third-order valence-corrected chi connectivity index (χ3v) is 3.99. The summed E-state index contributed by atoms with van der Waals surface area (Å²) in [5.41, 5.74) is 1.37. The van der Waals surface area contributed by atoms with Crippen molar-refractivity contribution in [3.63, 3.8) is 0 Å². The molecule has 1 fully saturated rings. The second-order valence-electron chi connectivity index (χ2n) is 5.19. The van der Waals surface area contributed by atoms with Crippen LogP contribution in [0.2, 0.25) is 5.02 Å². The van der Waals surface area contributed by atoms with Crippen LogP contribution in [0.15, 0.2) is 24.4 Å². The van der Waals surface area contributed by atoms with Gasteiger partial charge in [-0.25, -0.2) is 9.07 Å². The number of hydrogen-bond donors (Lipinski definition) is 1. The van der Waals surface area contributed by atoms with Crippen LogP contribution in [0.25, 0.3) is 5.69 Å². The highest BCUT2D eigenvalue weighted by Crippen LogP contribution is 2.18. The fourth-order valence-corrected chi connectivity index (χ4v) is 2.55. The fraction of sp³-hybridized carbons (Fsp3) is 0.357. The van der Waals surface area contributed by atoms with Gasteiger partial charge in [0, 0.05) is 19.6 Å². The Bertz CT molecular complexity index is 704. The van der Waals surface area contributed by atoms with Crippen molar-refractivity contribution in [3.05, 3.63) is 40.9 Å². The summed E-state index contributed by atoms with van der Waals surface area (Å²) in [4.78, 5) is 13.7. The summed E-state index contributed by atoms with van der Waals surface area (Å²) in [7, 11) is 0. The molecule has 1 aliphatic heterocycles. The Labute approximate surface area is 131 Å². The molecular formula is C14H15ClFN5O. The number of amides is 1. The monoisotopic (exact) mass is 323 g/mol. The first-order chi connectivity index (χ1) is 10.5. The van der Waals surface area contributed by atoms with Crippen molar-refractivity contribution in [2.45, 2.75) is 19.5 Å². The molecule has 0 saturated carbocycles. The zero-order chi connectivity index (χ0) is 15.7. The summed E-state index contributed by atoms with van der Waals surface area (Å²) in [5.74, 6) is -0.456. The molecule has 3 rings (SSSR count). The van der Waals surface area contributed by atoms with E-state index in [0.29, 0.717) is 18.8 Å². The predicted molar refractivity (Wildman–Crippen MR) is 79.2 cm³/mol. The summed E-state index contributed by atoms with van der Waals surface area (Å²) in [6, 6.07) is 4.16. The summed E-state index contributed by atoms with van der Waals surface area (Å²) in [5, 5.41) is 11.0. The van der Waals surface area contributed by atoms with E-state index >= 15 is 0 Å². The molecule has 1 amide bonds. The summed E-state index contributed by atoms with van der Waals surface area (Å²) < 4.78 is 14.7. The largest absolute Gasteiger partial charge is 0.353 e. The standard InChI is InChI=1S/C14H15ClFN5O/c1-9-14(22)17-4-5-20(9)7-10-8-21(19-18-10)11-2-3-13(16)12(15)6-11/h2-3,6,8-9H,4-5,7H2,1H3,(H,17,22). The first kappa shape index (κ1) is 14.9. The van der Waals surface area contributed by atoms with Crippen LogP contribution >= 0.6 is 11.6 Å².